The maximum Gasteiger partial charge on any atom is 0.191 e. The second-order valence-electron chi connectivity index (χ2n) is 3.82. The Kier molecular flexibility index (Phi) is 5.24. The van der Waals surface area contributed by atoms with Crippen LogP contribution in [0.3, 0.4) is 0 Å². The molecule has 104 valence electrons. The number of rotatable bonds is 4. The maximum atomic E-state index is 8.72. The molecular formula is C13H14N4OS2. The molecule has 0 aliphatic carbocycles. The molecule has 5 nitrogen and oxygen atoms in total. The largest absolute Gasteiger partial charge is 0.395 e. The number of aliphatic hydroxyl groups excluding tert-OH is 1. The lowest BCUT2D eigenvalue weighted by atomic mass is 10.2. The Morgan fingerprint density at radius 1 is 1.30 bits per heavy atom. The summed E-state index contributed by atoms with van der Waals surface area (Å²) in [6.07, 6.45) is 0.483. The number of nitrogens with zero attached hydrogens (tertiary/aromatic N) is 2. The van der Waals surface area contributed by atoms with Crippen molar-refractivity contribution < 1.29 is 5.11 Å². The van der Waals surface area contributed by atoms with E-state index in [4.69, 9.17) is 16.6 Å². The van der Waals surface area contributed by atoms with Crippen molar-refractivity contribution >= 4 is 34.7 Å². The van der Waals surface area contributed by atoms with Crippen LogP contribution in [0.15, 0.2) is 22.7 Å². The number of thioether (sulfide) groups is 1. The molecule has 7 heteroatoms. The lowest BCUT2D eigenvalue weighted by Crippen LogP contribution is -1.99. The van der Waals surface area contributed by atoms with Gasteiger partial charge in [0, 0.05) is 28.7 Å². The predicted octanol–water partition coefficient (Wildman–Crippen LogP) is 1.73. The van der Waals surface area contributed by atoms with Crippen LogP contribution in [0.1, 0.15) is 16.9 Å². The van der Waals surface area contributed by atoms with E-state index in [0.717, 1.165) is 10.4 Å². The number of hydrogen-bond donors (Lipinski definition) is 3. The second-order valence-corrected chi connectivity index (χ2v) is 5.76. The van der Waals surface area contributed by atoms with E-state index in [2.05, 4.69) is 21.8 Å². The van der Waals surface area contributed by atoms with E-state index in [1.165, 1.54) is 17.8 Å². The number of anilines is 2. The molecule has 2 aromatic rings. The van der Waals surface area contributed by atoms with Crippen molar-refractivity contribution in [2.45, 2.75) is 17.3 Å². The van der Waals surface area contributed by atoms with Crippen LogP contribution in [0.2, 0.25) is 0 Å². The third-order valence-corrected chi connectivity index (χ3v) is 4.26. The first-order valence-electron chi connectivity index (χ1n) is 5.88. The highest BCUT2D eigenvalue weighted by molar-refractivity contribution is 7.98. The van der Waals surface area contributed by atoms with Gasteiger partial charge in [0.2, 0.25) is 0 Å². The Bertz CT molecular complexity index is 625. The topological polar surface area (TPSA) is 98.1 Å². The number of thiophene rings is 1. The van der Waals surface area contributed by atoms with E-state index < -0.39 is 0 Å². The maximum absolute atomic E-state index is 8.72. The first-order chi connectivity index (χ1) is 9.69. The molecule has 0 fully saturated rings. The molecule has 2 heterocycles. The second kappa shape index (κ2) is 7.14. The Morgan fingerprint density at radius 2 is 2.05 bits per heavy atom. The fraction of sp³-hybridized carbons (Fsp3) is 0.231. The van der Waals surface area contributed by atoms with Gasteiger partial charge < -0.3 is 16.6 Å². The number of nitrogen functional groups attached to an aromatic ring is 2. The van der Waals surface area contributed by atoms with Crippen LogP contribution in [-0.2, 0) is 5.75 Å². The van der Waals surface area contributed by atoms with Gasteiger partial charge in [-0.25, -0.2) is 9.97 Å². The molecule has 0 aromatic carbocycles. The standard InChI is InChI=1S/C13H14N4OS2/c14-11-7-12(15)17-13(16-11)20-8-10-9(4-6-19-10)3-1-2-5-18/h4,6-7,18H,2,5,8H2,(H4,14,15,16,17). The highest BCUT2D eigenvalue weighted by Crippen LogP contribution is 2.26. The van der Waals surface area contributed by atoms with Gasteiger partial charge in [0.15, 0.2) is 5.16 Å². The summed E-state index contributed by atoms with van der Waals surface area (Å²) in [5.74, 6) is 7.42. The summed E-state index contributed by atoms with van der Waals surface area (Å²) < 4.78 is 0. The summed E-state index contributed by atoms with van der Waals surface area (Å²) in [7, 11) is 0. The van der Waals surface area contributed by atoms with Gasteiger partial charge in [0.1, 0.15) is 11.6 Å². The predicted molar refractivity (Wildman–Crippen MR) is 83.3 cm³/mol. The minimum Gasteiger partial charge on any atom is -0.395 e. The van der Waals surface area contributed by atoms with Gasteiger partial charge in [-0.15, -0.1) is 11.3 Å². The van der Waals surface area contributed by atoms with E-state index in [0.29, 0.717) is 29.0 Å². The summed E-state index contributed by atoms with van der Waals surface area (Å²) in [4.78, 5) is 9.39. The molecule has 0 aliphatic rings. The minimum atomic E-state index is 0.0810. The van der Waals surface area contributed by atoms with E-state index in [-0.39, 0.29) is 6.61 Å². The van der Waals surface area contributed by atoms with Crippen LogP contribution in [0, 0.1) is 11.8 Å². The Morgan fingerprint density at radius 3 is 2.75 bits per heavy atom. The zero-order valence-electron chi connectivity index (χ0n) is 10.7. The molecule has 0 aliphatic heterocycles. The smallest absolute Gasteiger partial charge is 0.191 e. The summed E-state index contributed by atoms with van der Waals surface area (Å²) in [5.41, 5.74) is 12.2. The molecule has 5 N–H and O–H groups in total. The van der Waals surface area contributed by atoms with E-state index in [9.17, 15) is 0 Å². The lowest BCUT2D eigenvalue weighted by Gasteiger charge is -2.02. The molecule has 0 saturated carbocycles. The summed E-state index contributed by atoms with van der Waals surface area (Å²) in [6.45, 7) is 0.0810. The fourth-order valence-electron chi connectivity index (χ4n) is 1.43. The van der Waals surface area contributed by atoms with Gasteiger partial charge >= 0.3 is 0 Å². The molecule has 2 aromatic heterocycles. The summed E-state index contributed by atoms with van der Waals surface area (Å²) in [5, 5.41) is 11.3. The average Bonchev–Trinajstić information content (AvgIpc) is 2.83. The van der Waals surface area contributed by atoms with Crippen molar-refractivity contribution in [3.05, 3.63) is 28.0 Å². The monoisotopic (exact) mass is 306 g/mol. The van der Waals surface area contributed by atoms with Crippen LogP contribution in [0.4, 0.5) is 11.6 Å². The minimum absolute atomic E-state index is 0.0810. The lowest BCUT2D eigenvalue weighted by molar-refractivity contribution is 0.305. The van der Waals surface area contributed by atoms with Crippen molar-refractivity contribution in [1.82, 2.24) is 9.97 Å². The van der Waals surface area contributed by atoms with Gasteiger partial charge in [-0.3, -0.25) is 0 Å². The average molecular weight is 306 g/mol. The Balaban J connectivity index is 2.04. The zero-order chi connectivity index (χ0) is 14.4. The van der Waals surface area contributed by atoms with Crippen LogP contribution in [0.25, 0.3) is 0 Å². The molecule has 0 amide bonds. The third-order valence-electron chi connectivity index (χ3n) is 2.28. The van der Waals surface area contributed by atoms with Gasteiger partial charge in [-0.05, 0) is 11.4 Å². The molecule has 0 unspecified atom stereocenters. The van der Waals surface area contributed by atoms with Crippen LogP contribution in [-0.4, -0.2) is 21.7 Å². The van der Waals surface area contributed by atoms with Crippen molar-refractivity contribution in [1.29, 1.82) is 0 Å². The van der Waals surface area contributed by atoms with Crippen molar-refractivity contribution in [3.63, 3.8) is 0 Å². The normalized spacial score (nSPS) is 10.1. The van der Waals surface area contributed by atoms with Crippen molar-refractivity contribution in [3.8, 4) is 11.8 Å². The van der Waals surface area contributed by atoms with Crippen LogP contribution < -0.4 is 11.5 Å². The molecular weight excluding hydrogens is 292 g/mol. The first-order valence-corrected chi connectivity index (χ1v) is 7.74. The molecule has 0 spiro atoms. The highest BCUT2D eigenvalue weighted by Gasteiger charge is 2.06. The number of hydrogen-bond acceptors (Lipinski definition) is 7. The van der Waals surface area contributed by atoms with E-state index in [1.54, 1.807) is 11.3 Å². The SMILES string of the molecule is Nc1cc(N)nc(SCc2sccc2C#CCCO)n1. The van der Waals surface area contributed by atoms with Crippen molar-refractivity contribution in [2.75, 3.05) is 18.1 Å². The van der Waals surface area contributed by atoms with E-state index in [1.807, 2.05) is 11.4 Å². The molecule has 0 saturated heterocycles. The van der Waals surface area contributed by atoms with Crippen molar-refractivity contribution in [2.24, 2.45) is 0 Å². The number of aromatic nitrogens is 2. The van der Waals surface area contributed by atoms with Gasteiger partial charge in [-0.2, -0.15) is 0 Å². The first kappa shape index (κ1) is 14.7. The molecule has 20 heavy (non-hydrogen) atoms. The molecule has 0 radical (unpaired) electrons. The van der Waals surface area contributed by atoms with Gasteiger partial charge in [0.05, 0.1) is 6.61 Å². The number of aliphatic hydroxyl groups is 1. The molecule has 2 rings (SSSR count). The molecule has 0 bridgehead atoms. The Hall–Kier alpha value is -1.75. The third kappa shape index (κ3) is 4.13. The van der Waals surface area contributed by atoms with Gasteiger partial charge in [-0.1, -0.05) is 23.6 Å². The summed E-state index contributed by atoms with van der Waals surface area (Å²) >= 11 is 3.10. The fourth-order valence-corrected chi connectivity index (χ4v) is 3.25. The quantitative estimate of drug-likeness (QED) is 0.452. The van der Waals surface area contributed by atoms with Gasteiger partial charge in [0.25, 0.3) is 0 Å². The van der Waals surface area contributed by atoms with Crippen LogP contribution in [0.5, 0.6) is 0 Å². The highest BCUT2D eigenvalue weighted by atomic mass is 32.2. The zero-order valence-corrected chi connectivity index (χ0v) is 12.3. The number of nitrogens with two attached hydrogens (primary N) is 2. The van der Waals surface area contributed by atoms with Crippen LogP contribution >= 0.6 is 23.1 Å². The molecule has 0 atom stereocenters. The Labute approximate surface area is 125 Å². The summed E-state index contributed by atoms with van der Waals surface area (Å²) in [6, 6.07) is 3.50. The van der Waals surface area contributed by atoms with E-state index >= 15 is 0 Å².